The quantitative estimate of drug-likeness (QED) is 0.685. The highest BCUT2D eigenvalue weighted by molar-refractivity contribution is 6.31. The van der Waals surface area contributed by atoms with Gasteiger partial charge in [-0.2, -0.15) is 0 Å². The molecule has 5 nitrogen and oxygen atoms in total. The Morgan fingerprint density at radius 1 is 1.45 bits per heavy atom. The molecule has 1 fully saturated rings. The molecule has 1 aliphatic heterocycles. The normalized spacial score (nSPS) is 22.9. The van der Waals surface area contributed by atoms with Crippen molar-refractivity contribution in [1.29, 1.82) is 0 Å². The second-order valence-electron chi connectivity index (χ2n) is 5.12. The zero-order valence-electron chi connectivity index (χ0n) is 11.8. The molecule has 2 atom stereocenters. The topological polar surface area (TPSA) is 58.4 Å². The van der Waals surface area contributed by atoms with Crippen molar-refractivity contribution in [3.05, 3.63) is 33.3 Å². The van der Waals surface area contributed by atoms with Crippen LogP contribution >= 0.6 is 11.6 Å². The van der Waals surface area contributed by atoms with Crippen LogP contribution in [-0.2, 0) is 0 Å². The van der Waals surface area contributed by atoms with Crippen LogP contribution in [0.3, 0.4) is 0 Å². The number of halogens is 1. The van der Waals surface area contributed by atoms with Crippen molar-refractivity contribution in [2.45, 2.75) is 38.8 Å². The number of hydrogen-bond donors (Lipinski definition) is 1. The fraction of sp³-hybridized carbons (Fsp3) is 0.571. The lowest BCUT2D eigenvalue weighted by molar-refractivity contribution is -0.384. The van der Waals surface area contributed by atoms with Gasteiger partial charge in [-0.05, 0) is 25.0 Å². The molecule has 1 aromatic carbocycles. The first-order valence-corrected chi connectivity index (χ1v) is 7.38. The molecule has 1 heterocycles. The average Bonchev–Trinajstić information content (AvgIpc) is 2.46. The molecule has 2 rings (SSSR count). The number of benzene rings is 1. The zero-order valence-corrected chi connectivity index (χ0v) is 12.6. The summed E-state index contributed by atoms with van der Waals surface area (Å²) in [5.41, 5.74) is 0.763. The highest BCUT2D eigenvalue weighted by atomic mass is 35.5. The van der Waals surface area contributed by atoms with E-state index in [9.17, 15) is 10.1 Å². The maximum atomic E-state index is 11.2. The van der Waals surface area contributed by atoms with Crippen LogP contribution in [0.1, 0.15) is 26.7 Å². The third-order valence-corrected chi connectivity index (χ3v) is 4.14. The highest BCUT2D eigenvalue weighted by Gasteiger charge is 2.30. The van der Waals surface area contributed by atoms with E-state index in [1.807, 2.05) is 0 Å². The monoisotopic (exact) mass is 297 g/mol. The van der Waals surface area contributed by atoms with E-state index in [0.717, 1.165) is 25.9 Å². The number of hydrogen-bond acceptors (Lipinski definition) is 4. The van der Waals surface area contributed by atoms with Gasteiger partial charge in [-0.15, -0.1) is 0 Å². The van der Waals surface area contributed by atoms with Gasteiger partial charge >= 0.3 is 0 Å². The first-order chi connectivity index (χ1) is 9.56. The maximum Gasteiger partial charge on any atom is 0.292 e. The van der Waals surface area contributed by atoms with E-state index in [1.54, 1.807) is 12.1 Å². The van der Waals surface area contributed by atoms with Crippen molar-refractivity contribution >= 4 is 23.0 Å². The van der Waals surface area contributed by atoms with E-state index in [4.69, 9.17) is 11.6 Å². The minimum absolute atomic E-state index is 0.129. The van der Waals surface area contributed by atoms with Crippen LogP contribution in [0.25, 0.3) is 0 Å². The molecule has 1 aromatic rings. The van der Waals surface area contributed by atoms with Gasteiger partial charge in [-0.25, -0.2) is 0 Å². The molecule has 1 aliphatic rings. The second-order valence-corrected chi connectivity index (χ2v) is 5.55. The summed E-state index contributed by atoms with van der Waals surface area (Å²) in [6, 6.07) is 5.39. The number of piperazine rings is 1. The second kappa shape index (κ2) is 6.41. The van der Waals surface area contributed by atoms with Crippen LogP contribution in [0.2, 0.25) is 5.02 Å². The van der Waals surface area contributed by atoms with Crippen molar-refractivity contribution in [2.75, 3.05) is 18.0 Å². The van der Waals surface area contributed by atoms with Gasteiger partial charge in [0, 0.05) is 36.3 Å². The number of nitrogens with zero attached hydrogens (tertiary/aromatic N) is 2. The predicted octanol–water partition coefficient (Wildman–Crippen LogP) is 3.22. The molecule has 20 heavy (non-hydrogen) atoms. The summed E-state index contributed by atoms with van der Waals surface area (Å²) < 4.78 is 0. The third kappa shape index (κ3) is 3.04. The molecule has 0 saturated carbocycles. The Labute approximate surface area is 124 Å². The van der Waals surface area contributed by atoms with E-state index in [2.05, 4.69) is 24.1 Å². The summed E-state index contributed by atoms with van der Waals surface area (Å²) in [6.45, 7) is 5.84. The van der Waals surface area contributed by atoms with Crippen molar-refractivity contribution < 1.29 is 4.92 Å². The largest absolute Gasteiger partial charge is 0.360 e. The van der Waals surface area contributed by atoms with E-state index in [-0.39, 0.29) is 16.7 Å². The van der Waals surface area contributed by atoms with Crippen LogP contribution in [0.4, 0.5) is 11.4 Å². The molecule has 0 spiro atoms. The van der Waals surface area contributed by atoms with Gasteiger partial charge in [0.15, 0.2) is 0 Å². The van der Waals surface area contributed by atoms with Gasteiger partial charge in [0.05, 0.1) is 4.92 Å². The maximum absolute atomic E-state index is 11.2. The fourth-order valence-corrected chi connectivity index (χ4v) is 2.84. The molecule has 110 valence electrons. The van der Waals surface area contributed by atoms with E-state index in [0.29, 0.717) is 16.8 Å². The van der Waals surface area contributed by atoms with Crippen molar-refractivity contribution in [2.24, 2.45) is 0 Å². The molecular formula is C14H20ClN3O2. The number of nitro groups is 1. The SMILES string of the molecule is CCC1CN(c2cc(Cl)ccc2[N+](=O)[O-])C(CC)CN1. The van der Waals surface area contributed by atoms with E-state index in [1.165, 1.54) is 6.07 Å². The molecule has 0 radical (unpaired) electrons. The Balaban J connectivity index is 2.40. The lowest BCUT2D eigenvalue weighted by atomic mass is 10.0. The summed E-state index contributed by atoms with van der Waals surface area (Å²) in [6.07, 6.45) is 1.94. The Hall–Kier alpha value is -1.33. The van der Waals surface area contributed by atoms with E-state index >= 15 is 0 Å². The lowest BCUT2D eigenvalue weighted by Gasteiger charge is -2.41. The van der Waals surface area contributed by atoms with Crippen LogP contribution in [0.15, 0.2) is 18.2 Å². The zero-order chi connectivity index (χ0) is 14.7. The lowest BCUT2D eigenvalue weighted by Crippen LogP contribution is -2.56. The van der Waals surface area contributed by atoms with Crippen LogP contribution < -0.4 is 10.2 Å². The third-order valence-electron chi connectivity index (χ3n) is 3.91. The number of anilines is 1. The molecule has 1 saturated heterocycles. The first kappa shape index (κ1) is 15.1. The van der Waals surface area contributed by atoms with Gasteiger partial charge < -0.3 is 10.2 Å². The van der Waals surface area contributed by atoms with Crippen LogP contribution in [-0.4, -0.2) is 30.1 Å². The van der Waals surface area contributed by atoms with E-state index < -0.39 is 0 Å². The molecular weight excluding hydrogens is 278 g/mol. The molecule has 6 heteroatoms. The standard InChI is InChI=1S/C14H20ClN3O2/c1-3-11-9-17(12(4-2)8-16-11)14-7-10(15)5-6-13(14)18(19)20/h5-7,11-12,16H,3-4,8-9H2,1-2H3. The molecule has 0 aliphatic carbocycles. The molecule has 0 aromatic heterocycles. The van der Waals surface area contributed by atoms with Gasteiger partial charge in [0.25, 0.3) is 5.69 Å². The van der Waals surface area contributed by atoms with Crippen molar-refractivity contribution in [3.8, 4) is 0 Å². The molecule has 2 unspecified atom stereocenters. The van der Waals surface area contributed by atoms with Gasteiger partial charge in [-0.3, -0.25) is 10.1 Å². The molecule has 1 N–H and O–H groups in total. The van der Waals surface area contributed by atoms with Gasteiger partial charge in [0.1, 0.15) is 5.69 Å². The average molecular weight is 298 g/mol. The Bertz CT molecular complexity index is 495. The Morgan fingerprint density at radius 2 is 2.20 bits per heavy atom. The summed E-state index contributed by atoms with van der Waals surface area (Å²) in [5, 5.41) is 15.3. The minimum Gasteiger partial charge on any atom is -0.360 e. The molecule has 0 amide bonds. The van der Waals surface area contributed by atoms with Gasteiger partial charge in [-0.1, -0.05) is 25.4 Å². The highest BCUT2D eigenvalue weighted by Crippen LogP contribution is 2.34. The predicted molar refractivity (Wildman–Crippen MR) is 81.6 cm³/mol. The van der Waals surface area contributed by atoms with Crippen LogP contribution in [0.5, 0.6) is 0 Å². The number of nitro benzene ring substituents is 1. The number of rotatable bonds is 4. The Morgan fingerprint density at radius 3 is 2.80 bits per heavy atom. The minimum atomic E-state index is -0.332. The van der Waals surface area contributed by atoms with Crippen LogP contribution in [0, 0.1) is 10.1 Å². The number of nitrogens with one attached hydrogen (secondary N) is 1. The fourth-order valence-electron chi connectivity index (χ4n) is 2.68. The summed E-state index contributed by atoms with van der Waals surface area (Å²) in [4.78, 5) is 13.0. The first-order valence-electron chi connectivity index (χ1n) is 7.00. The van der Waals surface area contributed by atoms with Crippen molar-refractivity contribution in [3.63, 3.8) is 0 Å². The summed E-state index contributed by atoms with van der Waals surface area (Å²) in [7, 11) is 0. The smallest absolute Gasteiger partial charge is 0.292 e. The summed E-state index contributed by atoms with van der Waals surface area (Å²) >= 11 is 6.04. The van der Waals surface area contributed by atoms with Gasteiger partial charge in [0.2, 0.25) is 0 Å². The molecule has 0 bridgehead atoms. The summed E-state index contributed by atoms with van der Waals surface area (Å²) in [5.74, 6) is 0. The Kier molecular flexibility index (Phi) is 4.83. The van der Waals surface area contributed by atoms with Crippen molar-refractivity contribution in [1.82, 2.24) is 5.32 Å².